The lowest BCUT2D eigenvalue weighted by Gasteiger charge is -2.16. The molecule has 0 aliphatic rings. The van der Waals surface area contributed by atoms with Crippen molar-refractivity contribution in [3.8, 4) is 5.75 Å². The molecule has 0 unspecified atom stereocenters. The average Bonchev–Trinajstić information content (AvgIpc) is 2.39. The number of phenols is 1. The van der Waals surface area contributed by atoms with Crippen molar-refractivity contribution in [2.45, 2.75) is 12.5 Å². The van der Waals surface area contributed by atoms with E-state index in [4.69, 9.17) is 10.8 Å². The number of hydrogen-bond acceptors (Lipinski definition) is 5. The maximum absolute atomic E-state index is 10.8. The number of nitrogens with zero attached hydrogens (tertiary/aromatic N) is 2. The van der Waals surface area contributed by atoms with Gasteiger partial charge in [-0.25, -0.2) is 4.98 Å². The topological polar surface area (TPSA) is 99.7 Å². The van der Waals surface area contributed by atoms with E-state index in [0.29, 0.717) is 11.2 Å². The van der Waals surface area contributed by atoms with Gasteiger partial charge in [0.05, 0.1) is 0 Å². The Hall–Kier alpha value is -2.34. The van der Waals surface area contributed by atoms with E-state index in [0.717, 1.165) is 11.1 Å². The Morgan fingerprint density at radius 1 is 1.35 bits per heavy atom. The summed E-state index contributed by atoms with van der Waals surface area (Å²) < 4.78 is 0. The minimum absolute atomic E-state index is 0.0661. The summed E-state index contributed by atoms with van der Waals surface area (Å²) in [5.41, 5.74) is 7.42. The summed E-state index contributed by atoms with van der Waals surface area (Å²) in [5, 5.41) is 19.5. The van der Waals surface area contributed by atoms with Crippen LogP contribution in [-0.2, 0) is 11.2 Å². The maximum Gasteiger partial charge on any atom is 0.320 e. The minimum atomic E-state index is -1.07. The van der Waals surface area contributed by atoms with E-state index in [1.54, 1.807) is 12.1 Å². The molecule has 6 nitrogen and oxygen atoms in total. The lowest BCUT2D eigenvalue weighted by atomic mass is 10.1. The summed E-state index contributed by atoms with van der Waals surface area (Å²) in [5.74, 6) is -1.01. The average molecular weight is 275 g/mol. The van der Waals surface area contributed by atoms with Gasteiger partial charge in [0.1, 0.15) is 17.3 Å². The lowest BCUT2D eigenvalue weighted by Crippen LogP contribution is -2.32. The number of aromatic nitrogens is 1. The van der Waals surface area contributed by atoms with Crippen LogP contribution >= 0.6 is 0 Å². The molecule has 0 saturated heterocycles. The highest BCUT2D eigenvalue weighted by Gasteiger charge is 2.15. The molecule has 1 heterocycles. The fourth-order valence-electron chi connectivity index (χ4n) is 2.04. The predicted octanol–water partition coefficient (Wildman–Crippen LogP) is 0.961. The summed E-state index contributed by atoms with van der Waals surface area (Å²) in [7, 11) is 3.81. The molecule has 4 N–H and O–H groups in total. The summed E-state index contributed by atoms with van der Waals surface area (Å²) in [6.45, 7) is 0. The zero-order valence-electron chi connectivity index (χ0n) is 11.4. The number of nitrogens with two attached hydrogens (primary N) is 1. The maximum atomic E-state index is 10.8. The number of hydrogen-bond donors (Lipinski definition) is 3. The highest BCUT2D eigenvalue weighted by atomic mass is 16.4. The van der Waals surface area contributed by atoms with Gasteiger partial charge in [-0.15, -0.1) is 0 Å². The first-order valence-corrected chi connectivity index (χ1v) is 6.17. The normalized spacial score (nSPS) is 12.3. The van der Waals surface area contributed by atoms with Crippen LogP contribution in [0.25, 0.3) is 10.9 Å². The van der Waals surface area contributed by atoms with Crippen molar-refractivity contribution in [2.24, 2.45) is 5.73 Å². The molecular formula is C14H17N3O3. The molecule has 1 aromatic carbocycles. The van der Waals surface area contributed by atoms with E-state index in [9.17, 15) is 9.90 Å². The Kier molecular flexibility index (Phi) is 3.76. The Morgan fingerprint density at radius 2 is 2.05 bits per heavy atom. The van der Waals surface area contributed by atoms with Crippen LogP contribution in [0.1, 0.15) is 5.69 Å². The summed E-state index contributed by atoms with van der Waals surface area (Å²) in [6, 6.07) is 5.94. The zero-order chi connectivity index (χ0) is 14.9. The van der Waals surface area contributed by atoms with Gasteiger partial charge in [-0.2, -0.15) is 0 Å². The van der Waals surface area contributed by atoms with Crippen LogP contribution in [0.3, 0.4) is 0 Å². The van der Waals surface area contributed by atoms with Gasteiger partial charge in [0.15, 0.2) is 0 Å². The highest BCUT2D eigenvalue weighted by molar-refractivity contribution is 5.95. The van der Waals surface area contributed by atoms with Gasteiger partial charge in [0.2, 0.25) is 0 Å². The summed E-state index contributed by atoms with van der Waals surface area (Å²) >= 11 is 0. The van der Waals surface area contributed by atoms with Crippen molar-refractivity contribution in [1.29, 1.82) is 0 Å². The molecule has 6 heteroatoms. The smallest absolute Gasteiger partial charge is 0.320 e. The first kappa shape index (κ1) is 14.1. The molecule has 106 valence electrons. The molecule has 0 aliphatic carbocycles. The van der Waals surface area contributed by atoms with E-state index >= 15 is 0 Å². The Bertz CT molecular complexity index is 655. The Morgan fingerprint density at radius 3 is 2.65 bits per heavy atom. The second-order valence-corrected chi connectivity index (χ2v) is 4.85. The lowest BCUT2D eigenvalue weighted by molar-refractivity contribution is -0.138. The van der Waals surface area contributed by atoms with Crippen molar-refractivity contribution in [1.82, 2.24) is 4.98 Å². The molecule has 1 aromatic heterocycles. The molecule has 0 radical (unpaired) electrons. The third-order valence-electron chi connectivity index (χ3n) is 3.10. The van der Waals surface area contributed by atoms with Crippen LogP contribution in [-0.4, -0.2) is 41.3 Å². The van der Waals surface area contributed by atoms with Gasteiger partial charge in [-0.3, -0.25) is 4.79 Å². The number of carbonyl (C=O) groups is 1. The molecule has 2 rings (SSSR count). The number of rotatable bonds is 4. The molecule has 0 saturated carbocycles. The molecule has 0 fully saturated rings. The predicted molar refractivity (Wildman–Crippen MR) is 77.1 cm³/mol. The number of aliphatic carboxylic acids is 1. The first-order valence-electron chi connectivity index (χ1n) is 6.17. The Balaban J connectivity index is 2.49. The SMILES string of the molecule is CN(C)c1ccc(O)c2nc(C[C@H](N)C(=O)O)ccc12. The van der Waals surface area contributed by atoms with Gasteiger partial charge < -0.3 is 20.8 Å². The molecule has 20 heavy (non-hydrogen) atoms. The second-order valence-electron chi connectivity index (χ2n) is 4.85. The van der Waals surface area contributed by atoms with E-state index < -0.39 is 12.0 Å². The number of benzene rings is 1. The van der Waals surface area contributed by atoms with E-state index in [1.807, 2.05) is 31.1 Å². The number of anilines is 1. The fourth-order valence-corrected chi connectivity index (χ4v) is 2.04. The molecule has 0 spiro atoms. The second kappa shape index (κ2) is 5.34. The minimum Gasteiger partial charge on any atom is -0.506 e. The van der Waals surface area contributed by atoms with Crippen LogP contribution < -0.4 is 10.6 Å². The fraction of sp³-hybridized carbons (Fsp3) is 0.286. The summed E-state index contributed by atoms with van der Waals surface area (Å²) in [4.78, 5) is 17.0. The quantitative estimate of drug-likeness (QED) is 0.768. The van der Waals surface area contributed by atoms with Gasteiger partial charge >= 0.3 is 5.97 Å². The molecule has 0 amide bonds. The third-order valence-corrected chi connectivity index (χ3v) is 3.10. The number of phenolic OH excluding ortho intramolecular Hbond substituents is 1. The largest absolute Gasteiger partial charge is 0.506 e. The molecular weight excluding hydrogens is 258 g/mol. The van der Waals surface area contributed by atoms with Gasteiger partial charge in [-0.05, 0) is 24.3 Å². The van der Waals surface area contributed by atoms with Crippen molar-refractivity contribution in [2.75, 3.05) is 19.0 Å². The molecule has 0 bridgehead atoms. The van der Waals surface area contributed by atoms with E-state index in [1.165, 1.54) is 0 Å². The van der Waals surface area contributed by atoms with Crippen LogP contribution in [0.2, 0.25) is 0 Å². The van der Waals surface area contributed by atoms with Gasteiger partial charge in [0, 0.05) is 37.3 Å². The summed E-state index contributed by atoms with van der Waals surface area (Å²) in [6.07, 6.45) is 0.122. The number of aromatic hydroxyl groups is 1. The Labute approximate surface area is 116 Å². The van der Waals surface area contributed by atoms with Crippen molar-refractivity contribution < 1.29 is 15.0 Å². The highest BCUT2D eigenvalue weighted by Crippen LogP contribution is 2.31. The zero-order valence-corrected chi connectivity index (χ0v) is 11.4. The van der Waals surface area contributed by atoms with Crippen molar-refractivity contribution in [3.05, 3.63) is 30.0 Å². The molecule has 0 aliphatic heterocycles. The van der Waals surface area contributed by atoms with Crippen LogP contribution in [0.15, 0.2) is 24.3 Å². The third kappa shape index (κ3) is 2.65. The number of carboxylic acid groups (broad SMARTS) is 1. The van der Waals surface area contributed by atoms with Gasteiger partial charge in [-0.1, -0.05) is 0 Å². The molecule has 2 aromatic rings. The standard InChI is InChI=1S/C14H17N3O3/c1-17(2)11-5-6-12(18)13-9(11)4-3-8(16-13)7-10(15)14(19)20/h3-6,10,18H,7,15H2,1-2H3,(H,19,20)/t10-/m0/s1. The van der Waals surface area contributed by atoms with Crippen LogP contribution in [0.4, 0.5) is 5.69 Å². The van der Waals surface area contributed by atoms with E-state index in [-0.39, 0.29) is 12.2 Å². The van der Waals surface area contributed by atoms with Crippen molar-refractivity contribution >= 4 is 22.6 Å². The number of pyridine rings is 1. The van der Waals surface area contributed by atoms with Crippen molar-refractivity contribution in [3.63, 3.8) is 0 Å². The van der Waals surface area contributed by atoms with Gasteiger partial charge in [0.25, 0.3) is 0 Å². The van der Waals surface area contributed by atoms with Crippen LogP contribution in [0.5, 0.6) is 5.75 Å². The van der Waals surface area contributed by atoms with E-state index in [2.05, 4.69) is 4.98 Å². The van der Waals surface area contributed by atoms with Crippen LogP contribution in [0, 0.1) is 0 Å². The number of carboxylic acids is 1. The first-order chi connectivity index (χ1) is 9.40. The number of fused-ring (bicyclic) bond motifs is 1. The monoisotopic (exact) mass is 275 g/mol. The molecule has 1 atom stereocenters.